The minimum Gasteiger partial charge on any atom is -0.479 e. The highest BCUT2D eigenvalue weighted by Crippen LogP contribution is 2.20. The molecule has 1 heterocycles. The van der Waals surface area contributed by atoms with Gasteiger partial charge in [-0.2, -0.15) is 5.10 Å². The monoisotopic (exact) mass is 273 g/mol. The van der Waals surface area contributed by atoms with Crippen LogP contribution >= 0.6 is 0 Å². The van der Waals surface area contributed by atoms with Gasteiger partial charge in [-0.25, -0.2) is 4.79 Å². The number of anilines is 1. The van der Waals surface area contributed by atoms with E-state index in [1.54, 1.807) is 17.1 Å². The van der Waals surface area contributed by atoms with Gasteiger partial charge in [-0.1, -0.05) is 19.1 Å². The number of hydrogen-bond donors (Lipinski definition) is 2. The van der Waals surface area contributed by atoms with E-state index in [9.17, 15) is 9.90 Å². The van der Waals surface area contributed by atoms with E-state index in [4.69, 9.17) is 0 Å². The molecule has 0 aliphatic heterocycles. The first-order valence-corrected chi connectivity index (χ1v) is 6.68. The number of nitrogens with zero attached hydrogens (tertiary/aromatic N) is 2. The maximum atomic E-state index is 11.5. The number of rotatable bonds is 6. The first kappa shape index (κ1) is 14.1. The predicted octanol–water partition coefficient (Wildman–Crippen LogP) is 2.84. The summed E-state index contributed by atoms with van der Waals surface area (Å²) in [5, 5.41) is 16.6. The van der Waals surface area contributed by atoms with E-state index in [-0.39, 0.29) is 0 Å². The van der Waals surface area contributed by atoms with Crippen LogP contribution in [0.5, 0.6) is 0 Å². The molecule has 1 atom stereocenters. The Labute approximate surface area is 118 Å². The maximum absolute atomic E-state index is 11.5. The molecule has 0 saturated carbocycles. The molecule has 5 heteroatoms. The van der Waals surface area contributed by atoms with E-state index in [0.29, 0.717) is 5.56 Å². The fraction of sp³-hybridized carbons (Fsp3) is 0.333. The van der Waals surface area contributed by atoms with Gasteiger partial charge in [-0.05, 0) is 31.0 Å². The molecule has 106 valence electrons. The van der Waals surface area contributed by atoms with Crippen LogP contribution in [0, 0.1) is 6.92 Å². The third kappa shape index (κ3) is 3.38. The van der Waals surface area contributed by atoms with Gasteiger partial charge in [0.2, 0.25) is 0 Å². The second-order valence-electron chi connectivity index (χ2n) is 4.82. The summed E-state index contributed by atoms with van der Waals surface area (Å²) in [5.41, 5.74) is 2.54. The molecule has 0 aliphatic rings. The highest BCUT2D eigenvalue weighted by molar-refractivity contribution is 5.79. The molecule has 2 rings (SSSR count). The van der Waals surface area contributed by atoms with E-state index in [1.165, 1.54) is 0 Å². The average Bonchev–Trinajstić information content (AvgIpc) is 2.84. The van der Waals surface area contributed by atoms with E-state index in [1.807, 2.05) is 31.2 Å². The van der Waals surface area contributed by atoms with Crippen molar-refractivity contribution in [3.8, 4) is 0 Å². The van der Waals surface area contributed by atoms with Crippen molar-refractivity contribution in [2.24, 2.45) is 0 Å². The van der Waals surface area contributed by atoms with Gasteiger partial charge in [-0.3, -0.25) is 4.68 Å². The van der Waals surface area contributed by atoms with Crippen molar-refractivity contribution >= 4 is 11.7 Å². The van der Waals surface area contributed by atoms with Gasteiger partial charge in [0.25, 0.3) is 0 Å². The lowest BCUT2D eigenvalue weighted by Gasteiger charge is -2.14. The van der Waals surface area contributed by atoms with Crippen molar-refractivity contribution in [1.29, 1.82) is 0 Å². The van der Waals surface area contributed by atoms with Crippen molar-refractivity contribution < 1.29 is 9.90 Å². The standard InChI is InChI=1S/C15H19N3O2/c1-3-7-18-10-12(9-16-18)14(15(19)20)17-13-6-4-5-11(2)8-13/h4-6,8-10,14,17H,3,7H2,1-2H3,(H,19,20). The number of benzene rings is 1. The Kier molecular flexibility index (Phi) is 4.40. The first-order valence-electron chi connectivity index (χ1n) is 6.68. The summed E-state index contributed by atoms with van der Waals surface area (Å²) in [6.07, 6.45) is 4.35. The van der Waals surface area contributed by atoms with Crippen LogP contribution in [0.15, 0.2) is 36.7 Å². The molecular formula is C15H19N3O2. The summed E-state index contributed by atoms with van der Waals surface area (Å²) < 4.78 is 1.77. The summed E-state index contributed by atoms with van der Waals surface area (Å²) >= 11 is 0. The molecule has 1 unspecified atom stereocenters. The lowest BCUT2D eigenvalue weighted by atomic mass is 10.1. The van der Waals surface area contributed by atoms with Gasteiger partial charge in [0, 0.05) is 24.0 Å². The summed E-state index contributed by atoms with van der Waals surface area (Å²) in [5.74, 6) is -0.914. The van der Waals surface area contributed by atoms with Crippen LogP contribution in [0.1, 0.15) is 30.5 Å². The van der Waals surface area contributed by atoms with Gasteiger partial charge in [0.05, 0.1) is 6.20 Å². The summed E-state index contributed by atoms with van der Waals surface area (Å²) in [4.78, 5) is 11.5. The lowest BCUT2D eigenvalue weighted by Crippen LogP contribution is -2.20. The van der Waals surface area contributed by atoms with Crippen LogP contribution in [-0.2, 0) is 11.3 Å². The second-order valence-corrected chi connectivity index (χ2v) is 4.82. The number of aromatic nitrogens is 2. The molecule has 20 heavy (non-hydrogen) atoms. The van der Waals surface area contributed by atoms with Crippen LogP contribution in [0.25, 0.3) is 0 Å². The zero-order valence-electron chi connectivity index (χ0n) is 11.7. The largest absolute Gasteiger partial charge is 0.479 e. The molecule has 0 spiro atoms. The van der Waals surface area contributed by atoms with Crippen LogP contribution in [0.2, 0.25) is 0 Å². The number of aryl methyl sites for hydroxylation is 2. The highest BCUT2D eigenvalue weighted by Gasteiger charge is 2.21. The van der Waals surface area contributed by atoms with Crippen LogP contribution in [0.4, 0.5) is 5.69 Å². The molecule has 5 nitrogen and oxygen atoms in total. The van der Waals surface area contributed by atoms with Crippen molar-refractivity contribution in [3.63, 3.8) is 0 Å². The number of carbonyl (C=O) groups is 1. The van der Waals surface area contributed by atoms with E-state index < -0.39 is 12.0 Å². The molecule has 0 bridgehead atoms. The topological polar surface area (TPSA) is 67.2 Å². The molecular weight excluding hydrogens is 254 g/mol. The summed E-state index contributed by atoms with van der Waals surface area (Å²) in [6.45, 7) is 4.82. The fourth-order valence-corrected chi connectivity index (χ4v) is 2.07. The van der Waals surface area contributed by atoms with Gasteiger partial charge < -0.3 is 10.4 Å². The minimum atomic E-state index is -0.914. The van der Waals surface area contributed by atoms with Crippen LogP contribution < -0.4 is 5.32 Å². The third-order valence-electron chi connectivity index (χ3n) is 3.02. The third-order valence-corrected chi connectivity index (χ3v) is 3.02. The van der Waals surface area contributed by atoms with Crippen molar-refractivity contribution in [1.82, 2.24) is 9.78 Å². The predicted molar refractivity (Wildman–Crippen MR) is 77.7 cm³/mol. The average molecular weight is 273 g/mol. The highest BCUT2D eigenvalue weighted by atomic mass is 16.4. The van der Waals surface area contributed by atoms with Gasteiger partial charge >= 0.3 is 5.97 Å². The van der Waals surface area contributed by atoms with Crippen molar-refractivity contribution in [3.05, 3.63) is 47.8 Å². The van der Waals surface area contributed by atoms with Crippen LogP contribution in [-0.4, -0.2) is 20.9 Å². The van der Waals surface area contributed by atoms with Gasteiger partial charge in [0.15, 0.2) is 6.04 Å². The number of hydrogen-bond acceptors (Lipinski definition) is 3. The summed E-state index contributed by atoms with van der Waals surface area (Å²) in [6, 6.07) is 6.87. The fourth-order valence-electron chi connectivity index (χ4n) is 2.07. The Hall–Kier alpha value is -2.30. The zero-order chi connectivity index (χ0) is 14.5. The number of carboxylic acid groups (broad SMARTS) is 1. The molecule has 0 aliphatic carbocycles. The molecule has 0 saturated heterocycles. The smallest absolute Gasteiger partial charge is 0.330 e. The molecule has 2 aromatic rings. The summed E-state index contributed by atoms with van der Waals surface area (Å²) in [7, 11) is 0. The van der Waals surface area contributed by atoms with E-state index >= 15 is 0 Å². The van der Waals surface area contributed by atoms with Crippen molar-refractivity contribution in [2.45, 2.75) is 32.9 Å². The maximum Gasteiger partial charge on any atom is 0.330 e. The van der Waals surface area contributed by atoms with E-state index in [0.717, 1.165) is 24.2 Å². The van der Waals surface area contributed by atoms with Crippen LogP contribution in [0.3, 0.4) is 0 Å². The number of carboxylic acids is 1. The molecule has 0 fully saturated rings. The normalized spacial score (nSPS) is 12.1. The number of aliphatic carboxylic acids is 1. The van der Waals surface area contributed by atoms with E-state index in [2.05, 4.69) is 17.3 Å². The lowest BCUT2D eigenvalue weighted by molar-refractivity contribution is -0.138. The minimum absolute atomic E-state index is 0.660. The Morgan fingerprint density at radius 3 is 2.95 bits per heavy atom. The number of nitrogens with one attached hydrogen (secondary N) is 1. The Morgan fingerprint density at radius 1 is 1.50 bits per heavy atom. The van der Waals surface area contributed by atoms with Gasteiger partial charge in [0.1, 0.15) is 0 Å². The molecule has 0 amide bonds. The molecule has 2 N–H and O–H groups in total. The molecule has 1 aromatic heterocycles. The SMILES string of the molecule is CCCn1cc(C(Nc2cccc(C)c2)C(=O)O)cn1. The second kappa shape index (κ2) is 6.23. The Balaban J connectivity index is 2.20. The van der Waals surface area contributed by atoms with Crippen molar-refractivity contribution in [2.75, 3.05) is 5.32 Å². The zero-order valence-corrected chi connectivity index (χ0v) is 11.7. The molecule has 1 aromatic carbocycles. The Bertz CT molecular complexity index is 592. The Morgan fingerprint density at radius 2 is 2.30 bits per heavy atom. The van der Waals surface area contributed by atoms with Gasteiger partial charge in [-0.15, -0.1) is 0 Å². The molecule has 0 radical (unpaired) electrons. The quantitative estimate of drug-likeness (QED) is 0.849. The first-order chi connectivity index (χ1) is 9.60.